The topological polar surface area (TPSA) is 46.3 Å². The van der Waals surface area contributed by atoms with Crippen molar-refractivity contribution in [3.05, 3.63) is 0 Å². The summed E-state index contributed by atoms with van der Waals surface area (Å²) >= 11 is 0. The van der Waals surface area contributed by atoms with Crippen molar-refractivity contribution in [3.63, 3.8) is 0 Å². The SMILES string of the molecule is CCCC(C)(N)C(=O)N1CCC(C(C)C)CC1.Cl. The largest absolute Gasteiger partial charge is 0.341 e. The number of amides is 1. The van der Waals surface area contributed by atoms with Gasteiger partial charge in [0, 0.05) is 13.1 Å². The number of piperidine rings is 1. The van der Waals surface area contributed by atoms with Gasteiger partial charge in [-0.3, -0.25) is 4.79 Å². The molecule has 0 saturated carbocycles. The van der Waals surface area contributed by atoms with E-state index < -0.39 is 5.54 Å². The molecule has 1 amide bonds. The molecule has 2 N–H and O–H groups in total. The number of carbonyl (C=O) groups is 1. The van der Waals surface area contributed by atoms with Crippen molar-refractivity contribution in [3.8, 4) is 0 Å². The van der Waals surface area contributed by atoms with E-state index in [2.05, 4.69) is 20.8 Å². The molecule has 0 aromatic heterocycles. The Bertz CT molecular complexity index is 259. The standard InChI is InChI=1S/C14H28N2O.ClH/c1-5-8-14(4,15)13(17)16-9-6-12(7-10-16)11(2)3;/h11-12H,5-10,15H2,1-4H3;1H. The van der Waals surface area contributed by atoms with E-state index in [4.69, 9.17) is 5.73 Å². The third-order valence-electron chi connectivity index (χ3n) is 4.03. The lowest BCUT2D eigenvalue weighted by Gasteiger charge is -2.38. The number of hydrogen-bond donors (Lipinski definition) is 1. The van der Waals surface area contributed by atoms with Crippen LogP contribution < -0.4 is 5.73 Å². The van der Waals surface area contributed by atoms with Crippen molar-refractivity contribution in [2.75, 3.05) is 13.1 Å². The minimum atomic E-state index is -0.667. The molecule has 108 valence electrons. The molecule has 0 spiro atoms. The van der Waals surface area contributed by atoms with Crippen LogP contribution in [-0.2, 0) is 4.79 Å². The zero-order valence-corrected chi connectivity index (χ0v) is 13.1. The van der Waals surface area contributed by atoms with E-state index in [-0.39, 0.29) is 18.3 Å². The van der Waals surface area contributed by atoms with Crippen molar-refractivity contribution in [1.29, 1.82) is 0 Å². The second-order valence-corrected chi connectivity index (χ2v) is 6.04. The van der Waals surface area contributed by atoms with Gasteiger partial charge < -0.3 is 10.6 Å². The predicted molar refractivity (Wildman–Crippen MR) is 78.9 cm³/mol. The summed E-state index contributed by atoms with van der Waals surface area (Å²) in [5.74, 6) is 1.64. The first-order valence-electron chi connectivity index (χ1n) is 6.96. The zero-order chi connectivity index (χ0) is 13.1. The van der Waals surface area contributed by atoms with Crippen LogP contribution in [0, 0.1) is 11.8 Å². The quantitative estimate of drug-likeness (QED) is 0.858. The van der Waals surface area contributed by atoms with Gasteiger partial charge in [-0.25, -0.2) is 0 Å². The number of nitrogens with zero attached hydrogens (tertiary/aromatic N) is 1. The highest BCUT2D eigenvalue weighted by Gasteiger charge is 2.34. The summed E-state index contributed by atoms with van der Waals surface area (Å²) in [6.45, 7) is 10.3. The molecule has 0 aliphatic carbocycles. The maximum Gasteiger partial charge on any atom is 0.242 e. The van der Waals surface area contributed by atoms with E-state index in [1.165, 1.54) is 0 Å². The molecule has 0 bridgehead atoms. The Hall–Kier alpha value is -0.280. The molecular formula is C14H29ClN2O. The summed E-state index contributed by atoms with van der Waals surface area (Å²) in [5, 5.41) is 0. The predicted octanol–water partition coefficient (Wildman–Crippen LogP) is 2.82. The lowest BCUT2D eigenvalue weighted by atomic mass is 9.85. The van der Waals surface area contributed by atoms with Gasteiger partial charge in [-0.1, -0.05) is 27.2 Å². The Morgan fingerprint density at radius 1 is 1.39 bits per heavy atom. The van der Waals surface area contributed by atoms with Crippen molar-refractivity contribution in [2.24, 2.45) is 17.6 Å². The van der Waals surface area contributed by atoms with Crippen LogP contribution in [0.1, 0.15) is 53.4 Å². The minimum Gasteiger partial charge on any atom is -0.341 e. The van der Waals surface area contributed by atoms with Crippen LogP contribution in [0.4, 0.5) is 0 Å². The maximum atomic E-state index is 12.3. The zero-order valence-electron chi connectivity index (χ0n) is 12.2. The van der Waals surface area contributed by atoms with Crippen LogP contribution in [0.3, 0.4) is 0 Å². The molecule has 1 aliphatic heterocycles. The van der Waals surface area contributed by atoms with E-state index >= 15 is 0 Å². The second kappa shape index (κ2) is 7.34. The average Bonchev–Trinajstić information content (AvgIpc) is 2.28. The average molecular weight is 277 g/mol. The van der Waals surface area contributed by atoms with E-state index in [1.54, 1.807) is 0 Å². The number of rotatable bonds is 4. The normalized spacial score (nSPS) is 20.4. The summed E-state index contributed by atoms with van der Waals surface area (Å²) in [7, 11) is 0. The smallest absolute Gasteiger partial charge is 0.242 e. The highest BCUT2D eigenvalue weighted by molar-refractivity contribution is 5.86. The van der Waals surface area contributed by atoms with E-state index in [0.717, 1.165) is 50.6 Å². The molecule has 0 radical (unpaired) electrons. The molecule has 3 nitrogen and oxygen atoms in total. The molecule has 1 atom stereocenters. The molecule has 1 fully saturated rings. The minimum absolute atomic E-state index is 0. The lowest BCUT2D eigenvalue weighted by Crippen LogP contribution is -2.55. The monoisotopic (exact) mass is 276 g/mol. The molecule has 1 unspecified atom stereocenters. The van der Waals surface area contributed by atoms with E-state index in [0.29, 0.717) is 0 Å². The van der Waals surface area contributed by atoms with Gasteiger partial charge in [0.25, 0.3) is 0 Å². The van der Waals surface area contributed by atoms with Crippen molar-refractivity contribution >= 4 is 18.3 Å². The Morgan fingerprint density at radius 3 is 2.28 bits per heavy atom. The molecule has 1 rings (SSSR count). The number of nitrogens with two attached hydrogens (primary N) is 1. The van der Waals surface area contributed by atoms with E-state index in [1.807, 2.05) is 11.8 Å². The Kier molecular flexibility index (Phi) is 7.23. The first-order chi connectivity index (χ1) is 7.88. The van der Waals surface area contributed by atoms with Crippen molar-refractivity contribution in [2.45, 2.75) is 58.9 Å². The van der Waals surface area contributed by atoms with Crippen molar-refractivity contribution < 1.29 is 4.79 Å². The maximum absolute atomic E-state index is 12.3. The van der Waals surface area contributed by atoms with Crippen LogP contribution in [0.2, 0.25) is 0 Å². The van der Waals surface area contributed by atoms with Gasteiger partial charge >= 0.3 is 0 Å². The highest BCUT2D eigenvalue weighted by atomic mass is 35.5. The van der Waals surface area contributed by atoms with E-state index in [9.17, 15) is 4.79 Å². The first-order valence-corrected chi connectivity index (χ1v) is 6.96. The number of likely N-dealkylation sites (tertiary alicyclic amines) is 1. The van der Waals surface area contributed by atoms with Gasteiger partial charge in [-0.05, 0) is 38.0 Å². The van der Waals surface area contributed by atoms with Gasteiger partial charge in [0.1, 0.15) is 0 Å². The summed E-state index contributed by atoms with van der Waals surface area (Å²) in [4.78, 5) is 14.3. The fourth-order valence-corrected chi connectivity index (χ4v) is 2.76. The van der Waals surface area contributed by atoms with Crippen LogP contribution in [-0.4, -0.2) is 29.4 Å². The summed E-state index contributed by atoms with van der Waals surface area (Å²) in [6.07, 6.45) is 3.99. The lowest BCUT2D eigenvalue weighted by molar-refractivity contribution is -0.138. The van der Waals surface area contributed by atoms with Gasteiger partial charge in [-0.15, -0.1) is 12.4 Å². The van der Waals surface area contributed by atoms with Crippen LogP contribution >= 0.6 is 12.4 Å². The number of hydrogen-bond acceptors (Lipinski definition) is 2. The summed E-state index contributed by atoms with van der Waals surface area (Å²) in [5.41, 5.74) is 5.44. The molecule has 4 heteroatoms. The van der Waals surface area contributed by atoms with Crippen LogP contribution in [0.25, 0.3) is 0 Å². The molecule has 0 aromatic carbocycles. The van der Waals surface area contributed by atoms with Gasteiger partial charge in [0.05, 0.1) is 5.54 Å². The van der Waals surface area contributed by atoms with Gasteiger partial charge in [0.2, 0.25) is 5.91 Å². The van der Waals surface area contributed by atoms with Gasteiger partial charge in [-0.2, -0.15) is 0 Å². The summed E-state index contributed by atoms with van der Waals surface area (Å²) in [6, 6.07) is 0. The van der Waals surface area contributed by atoms with Gasteiger partial charge in [0.15, 0.2) is 0 Å². The van der Waals surface area contributed by atoms with Crippen LogP contribution in [0.15, 0.2) is 0 Å². The van der Waals surface area contributed by atoms with Crippen LogP contribution in [0.5, 0.6) is 0 Å². The molecular weight excluding hydrogens is 248 g/mol. The molecule has 1 heterocycles. The molecule has 0 aromatic rings. The first kappa shape index (κ1) is 17.7. The fraction of sp³-hybridized carbons (Fsp3) is 0.929. The molecule has 1 aliphatic rings. The second-order valence-electron chi connectivity index (χ2n) is 6.04. The number of halogens is 1. The Balaban J connectivity index is 0.00000289. The summed E-state index contributed by atoms with van der Waals surface area (Å²) < 4.78 is 0. The third kappa shape index (κ3) is 4.43. The molecule has 18 heavy (non-hydrogen) atoms. The Morgan fingerprint density at radius 2 is 1.89 bits per heavy atom. The van der Waals surface area contributed by atoms with Crippen molar-refractivity contribution in [1.82, 2.24) is 4.90 Å². The Labute approximate surface area is 118 Å². The fourth-order valence-electron chi connectivity index (χ4n) is 2.76. The molecule has 1 saturated heterocycles. The number of carbonyl (C=O) groups excluding carboxylic acids is 1. The third-order valence-corrected chi connectivity index (χ3v) is 4.03. The highest BCUT2D eigenvalue weighted by Crippen LogP contribution is 2.26.